The second-order valence-electron chi connectivity index (χ2n) is 5.74. The Morgan fingerprint density at radius 1 is 1.30 bits per heavy atom. The van der Waals surface area contributed by atoms with Gasteiger partial charge >= 0.3 is 0 Å². The van der Waals surface area contributed by atoms with Crippen LogP contribution in [0.3, 0.4) is 0 Å². The molecule has 0 radical (unpaired) electrons. The fraction of sp³-hybridized carbons (Fsp3) is 0.467. The number of benzene rings is 1. The van der Waals surface area contributed by atoms with Gasteiger partial charge in [0.1, 0.15) is 5.75 Å². The molecule has 2 aromatic rings. The first-order chi connectivity index (χ1) is 9.59. The Morgan fingerprint density at radius 3 is 2.75 bits per heavy atom. The lowest BCUT2D eigenvalue weighted by molar-refractivity contribution is 0.203. The largest absolute Gasteiger partial charge is 0.508 e. The summed E-state index contributed by atoms with van der Waals surface area (Å²) < 4.78 is 5.46. The van der Waals surface area contributed by atoms with E-state index in [1.54, 1.807) is 24.3 Å². The van der Waals surface area contributed by atoms with Gasteiger partial charge in [0.15, 0.2) is 0 Å². The lowest BCUT2D eigenvalue weighted by Crippen LogP contribution is -2.45. The maximum absolute atomic E-state index is 9.31. The summed E-state index contributed by atoms with van der Waals surface area (Å²) in [5.74, 6) is 1.38. The molecule has 1 fully saturated rings. The Balaban J connectivity index is 1.91. The monoisotopic (exact) mass is 273 g/mol. The minimum atomic E-state index is -0.236. The van der Waals surface area contributed by atoms with Crippen LogP contribution in [0.5, 0.6) is 5.75 Å². The van der Waals surface area contributed by atoms with Gasteiger partial charge in [0, 0.05) is 11.6 Å². The van der Waals surface area contributed by atoms with Crippen LogP contribution in [0.2, 0.25) is 0 Å². The van der Waals surface area contributed by atoms with Crippen molar-refractivity contribution >= 4 is 0 Å². The Hall–Kier alpha value is -1.88. The van der Waals surface area contributed by atoms with Crippen molar-refractivity contribution in [3.8, 4) is 17.1 Å². The summed E-state index contributed by atoms with van der Waals surface area (Å²) in [6, 6.07) is 6.82. The molecule has 5 nitrogen and oxygen atoms in total. The molecule has 2 atom stereocenters. The number of aromatic nitrogens is 2. The predicted octanol–water partition coefficient (Wildman–Crippen LogP) is 2.60. The molecule has 1 aliphatic carbocycles. The standard InChI is InChI=1S/C15H19N3O2/c1-15(9-3-2-4-12(15)16)14-17-13(18-20-14)10-5-7-11(19)8-6-10/h5-8,12,19H,2-4,9,16H2,1H3. The number of phenols is 1. The second kappa shape index (κ2) is 4.90. The fourth-order valence-corrected chi connectivity index (χ4v) is 2.81. The van der Waals surface area contributed by atoms with E-state index in [2.05, 4.69) is 17.1 Å². The zero-order valence-electron chi connectivity index (χ0n) is 11.5. The Kier molecular flexibility index (Phi) is 3.22. The minimum Gasteiger partial charge on any atom is -0.508 e. The van der Waals surface area contributed by atoms with E-state index in [1.807, 2.05) is 0 Å². The van der Waals surface area contributed by atoms with Gasteiger partial charge in [-0.05, 0) is 44.0 Å². The number of nitrogens with zero attached hydrogens (tertiary/aromatic N) is 2. The Labute approximate surface area is 117 Å². The van der Waals surface area contributed by atoms with E-state index in [4.69, 9.17) is 10.3 Å². The van der Waals surface area contributed by atoms with E-state index < -0.39 is 0 Å². The molecule has 1 saturated carbocycles. The first-order valence-electron chi connectivity index (χ1n) is 6.99. The van der Waals surface area contributed by atoms with Crippen molar-refractivity contribution in [2.24, 2.45) is 5.73 Å². The van der Waals surface area contributed by atoms with Crippen LogP contribution in [-0.4, -0.2) is 21.3 Å². The molecule has 5 heteroatoms. The third kappa shape index (κ3) is 2.18. The highest BCUT2D eigenvalue weighted by atomic mass is 16.5. The molecule has 1 aliphatic rings. The van der Waals surface area contributed by atoms with E-state index >= 15 is 0 Å². The zero-order chi connectivity index (χ0) is 14.2. The molecule has 3 N–H and O–H groups in total. The normalized spacial score (nSPS) is 26.6. The third-order valence-electron chi connectivity index (χ3n) is 4.32. The van der Waals surface area contributed by atoms with Crippen molar-refractivity contribution in [3.63, 3.8) is 0 Å². The van der Waals surface area contributed by atoms with Gasteiger partial charge in [-0.3, -0.25) is 0 Å². The molecule has 106 valence electrons. The molecule has 0 bridgehead atoms. The molecule has 0 spiro atoms. The van der Waals surface area contributed by atoms with Crippen molar-refractivity contribution in [2.45, 2.75) is 44.1 Å². The predicted molar refractivity (Wildman–Crippen MR) is 75.2 cm³/mol. The van der Waals surface area contributed by atoms with Crippen LogP contribution in [0.4, 0.5) is 0 Å². The van der Waals surface area contributed by atoms with Gasteiger partial charge in [-0.25, -0.2) is 0 Å². The number of hydrogen-bond donors (Lipinski definition) is 2. The van der Waals surface area contributed by atoms with E-state index in [0.717, 1.165) is 31.2 Å². The van der Waals surface area contributed by atoms with Crippen LogP contribution in [0.25, 0.3) is 11.4 Å². The molecular formula is C15H19N3O2. The summed E-state index contributed by atoms with van der Waals surface area (Å²) in [7, 11) is 0. The topological polar surface area (TPSA) is 85.2 Å². The average Bonchev–Trinajstić information content (AvgIpc) is 2.93. The first-order valence-corrected chi connectivity index (χ1v) is 6.99. The third-order valence-corrected chi connectivity index (χ3v) is 4.32. The quantitative estimate of drug-likeness (QED) is 0.878. The first kappa shape index (κ1) is 13.1. The average molecular weight is 273 g/mol. The van der Waals surface area contributed by atoms with Gasteiger partial charge in [0.05, 0.1) is 5.41 Å². The second-order valence-corrected chi connectivity index (χ2v) is 5.74. The molecule has 1 aromatic carbocycles. The lowest BCUT2D eigenvalue weighted by atomic mass is 9.72. The number of phenolic OH excluding ortho intramolecular Hbond substituents is 1. The van der Waals surface area contributed by atoms with Gasteiger partial charge in [-0.2, -0.15) is 4.98 Å². The minimum absolute atomic E-state index is 0.0596. The van der Waals surface area contributed by atoms with E-state index in [9.17, 15) is 5.11 Å². The molecule has 20 heavy (non-hydrogen) atoms. The van der Waals surface area contributed by atoms with Crippen LogP contribution in [0.1, 0.15) is 38.5 Å². The van der Waals surface area contributed by atoms with Gasteiger partial charge in [0.25, 0.3) is 0 Å². The fourth-order valence-electron chi connectivity index (χ4n) is 2.81. The number of rotatable bonds is 2. The maximum atomic E-state index is 9.31. The van der Waals surface area contributed by atoms with Gasteiger partial charge in [0.2, 0.25) is 11.7 Å². The molecular weight excluding hydrogens is 254 g/mol. The number of nitrogens with two attached hydrogens (primary N) is 1. The molecule has 1 heterocycles. The summed E-state index contributed by atoms with van der Waals surface area (Å²) in [6.07, 6.45) is 4.27. The van der Waals surface area contributed by atoms with Gasteiger partial charge in [-0.1, -0.05) is 18.0 Å². The van der Waals surface area contributed by atoms with Crippen molar-refractivity contribution in [1.29, 1.82) is 0 Å². The molecule has 0 saturated heterocycles. The lowest BCUT2D eigenvalue weighted by Gasteiger charge is -2.35. The van der Waals surface area contributed by atoms with E-state index in [0.29, 0.717) is 11.7 Å². The number of hydrogen-bond acceptors (Lipinski definition) is 5. The molecule has 1 aromatic heterocycles. The Bertz CT molecular complexity index is 593. The van der Waals surface area contributed by atoms with Crippen molar-refractivity contribution in [1.82, 2.24) is 10.1 Å². The van der Waals surface area contributed by atoms with Crippen LogP contribution in [0.15, 0.2) is 28.8 Å². The SMILES string of the molecule is CC1(c2nc(-c3ccc(O)cc3)no2)CCCCC1N. The highest BCUT2D eigenvalue weighted by molar-refractivity contribution is 5.55. The van der Waals surface area contributed by atoms with Crippen LogP contribution < -0.4 is 5.73 Å². The van der Waals surface area contributed by atoms with Crippen molar-refractivity contribution in [2.75, 3.05) is 0 Å². The van der Waals surface area contributed by atoms with Crippen LogP contribution in [0, 0.1) is 0 Å². The van der Waals surface area contributed by atoms with E-state index in [-0.39, 0.29) is 17.2 Å². The Morgan fingerprint density at radius 2 is 2.05 bits per heavy atom. The summed E-state index contributed by atoms with van der Waals surface area (Å²) in [4.78, 5) is 4.52. The maximum Gasteiger partial charge on any atom is 0.234 e. The molecule has 0 amide bonds. The van der Waals surface area contributed by atoms with Gasteiger partial charge < -0.3 is 15.4 Å². The number of aromatic hydroxyl groups is 1. The highest BCUT2D eigenvalue weighted by Crippen LogP contribution is 2.38. The molecule has 3 rings (SSSR count). The van der Waals surface area contributed by atoms with Crippen LogP contribution >= 0.6 is 0 Å². The van der Waals surface area contributed by atoms with E-state index in [1.165, 1.54) is 0 Å². The molecule has 0 aliphatic heterocycles. The molecule has 2 unspecified atom stereocenters. The summed E-state index contributed by atoms with van der Waals surface area (Å²) in [5, 5.41) is 13.4. The summed E-state index contributed by atoms with van der Waals surface area (Å²) in [6.45, 7) is 2.10. The van der Waals surface area contributed by atoms with Crippen molar-refractivity contribution < 1.29 is 9.63 Å². The smallest absolute Gasteiger partial charge is 0.234 e. The zero-order valence-corrected chi connectivity index (χ0v) is 11.5. The van der Waals surface area contributed by atoms with Crippen LogP contribution in [-0.2, 0) is 5.41 Å². The van der Waals surface area contributed by atoms with Crippen molar-refractivity contribution in [3.05, 3.63) is 30.2 Å². The van der Waals surface area contributed by atoms with Gasteiger partial charge in [-0.15, -0.1) is 0 Å². The summed E-state index contributed by atoms with van der Waals surface area (Å²) in [5.41, 5.74) is 6.84. The highest BCUT2D eigenvalue weighted by Gasteiger charge is 2.40. The summed E-state index contributed by atoms with van der Waals surface area (Å²) >= 11 is 0.